The normalized spacial score (nSPS) is 49.1. The molecule has 0 aromatic heterocycles. The molecule has 6 rings (SSSR count). The Balaban J connectivity index is 1.27. The number of carboxylic acids is 1. The smallest absolute Gasteiger partial charge is 0.317 e. The van der Waals surface area contributed by atoms with Gasteiger partial charge in [-0.1, -0.05) is 20.4 Å². The standard InChI is InChI=1S/C30H36O8/c1-13-20(31)22(17-7-15-8-26(3,24(34)35)11-18(15)28(13,17)5)38-25(36)27(4)9-16-10-30(37)23(33)21(32)14(2)29(30,6)19(16)12-27/h15-16,18-19,32,37H,1,7-12H2,2-6H3,(H,34,35)/t15-,16+,18+,19-,26-,27-,28+,29+,30-/m1/s1. The van der Waals surface area contributed by atoms with Gasteiger partial charge in [-0.05, 0) is 94.1 Å². The molecule has 0 spiro atoms. The topological polar surface area (TPSA) is 138 Å². The van der Waals surface area contributed by atoms with Gasteiger partial charge >= 0.3 is 11.9 Å². The van der Waals surface area contributed by atoms with Crippen LogP contribution >= 0.6 is 0 Å². The molecule has 3 N–H and O–H groups in total. The fraction of sp³-hybridized carbons (Fsp3) is 0.667. The van der Waals surface area contributed by atoms with E-state index in [1.807, 2.05) is 13.8 Å². The SMILES string of the molecule is C=C1C(=O)C(OC(=O)[C@]2(C)C[C@H]3C[C@@]4(O)C(=O)C(O)=C(C)[C@@]4(C)[C@@H]3C2)=C2C[C@@H]3C[C@@](C)(C(=O)O)C[C@@H]3[C@@]12C. The number of hydrogen-bond donors (Lipinski definition) is 3. The molecule has 0 bridgehead atoms. The molecule has 6 aliphatic rings. The monoisotopic (exact) mass is 524 g/mol. The van der Waals surface area contributed by atoms with Crippen molar-refractivity contribution in [2.75, 3.05) is 0 Å². The molecule has 204 valence electrons. The molecule has 0 aliphatic heterocycles. The highest BCUT2D eigenvalue weighted by atomic mass is 16.5. The first-order valence-electron chi connectivity index (χ1n) is 13.6. The van der Waals surface area contributed by atoms with Crippen molar-refractivity contribution in [2.24, 2.45) is 45.3 Å². The number of carbonyl (C=O) groups excluding carboxylic acids is 3. The zero-order valence-corrected chi connectivity index (χ0v) is 22.6. The number of ether oxygens (including phenoxy) is 1. The molecule has 4 saturated carbocycles. The van der Waals surface area contributed by atoms with Crippen molar-refractivity contribution in [3.05, 3.63) is 34.8 Å². The summed E-state index contributed by atoms with van der Waals surface area (Å²) in [5, 5.41) is 31.4. The highest BCUT2D eigenvalue weighted by Crippen LogP contribution is 2.70. The molecule has 38 heavy (non-hydrogen) atoms. The molecule has 6 aliphatic carbocycles. The first-order valence-corrected chi connectivity index (χ1v) is 13.6. The van der Waals surface area contributed by atoms with E-state index in [4.69, 9.17) is 4.74 Å². The number of rotatable bonds is 3. The molecule has 0 unspecified atom stereocenters. The highest BCUT2D eigenvalue weighted by Gasteiger charge is 2.73. The van der Waals surface area contributed by atoms with Crippen LogP contribution in [0.3, 0.4) is 0 Å². The van der Waals surface area contributed by atoms with Gasteiger partial charge in [0.05, 0.1) is 10.8 Å². The van der Waals surface area contributed by atoms with Crippen molar-refractivity contribution in [2.45, 2.75) is 78.7 Å². The summed E-state index contributed by atoms with van der Waals surface area (Å²) in [5.74, 6) is -2.95. The minimum atomic E-state index is -1.67. The van der Waals surface area contributed by atoms with Gasteiger partial charge in [0.1, 0.15) is 5.60 Å². The van der Waals surface area contributed by atoms with E-state index in [1.165, 1.54) is 0 Å². The van der Waals surface area contributed by atoms with E-state index in [0.29, 0.717) is 43.3 Å². The average Bonchev–Trinajstić information content (AvgIpc) is 3.57. The molecule has 0 aromatic rings. The summed E-state index contributed by atoms with van der Waals surface area (Å²) in [6.45, 7) is 13.1. The van der Waals surface area contributed by atoms with E-state index >= 15 is 0 Å². The van der Waals surface area contributed by atoms with Gasteiger partial charge in [-0.3, -0.25) is 19.2 Å². The Morgan fingerprint density at radius 1 is 0.947 bits per heavy atom. The van der Waals surface area contributed by atoms with Gasteiger partial charge < -0.3 is 20.1 Å². The minimum absolute atomic E-state index is 0.0485. The van der Waals surface area contributed by atoms with Crippen LogP contribution < -0.4 is 0 Å². The predicted octanol–water partition coefficient (Wildman–Crippen LogP) is 4.04. The summed E-state index contributed by atoms with van der Waals surface area (Å²) < 4.78 is 5.95. The number of esters is 1. The Morgan fingerprint density at radius 2 is 1.55 bits per heavy atom. The zero-order valence-electron chi connectivity index (χ0n) is 22.6. The van der Waals surface area contributed by atoms with Crippen LogP contribution in [0.1, 0.15) is 73.1 Å². The maximum absolute atomic E-state index is 13.7. The van der Waals surface area contributed by atoms with E-state index in [9.17, 15) is 34.5 Å². The molecular weight excluding hydrogens is 488 g/mol. The molecule has 0 amide bonds. The number of fused-ring (bicyclic) bond motifs is 6. The molecule has 0 radical (unpaired) electrons. The van der Waals surface area contributed by atoms with Crippen LogP contribution in [0.15, 0.2) is 34.8 Å². The molecule has 8 heteroatoms. The first kappa shape index (κ1) is 25.5. The van der Waals surface area contributed by atoms with Crippen molar-refractivity contribution >= 4 is 23.5 Å². The maximum atomic E-state index is 13.7. The lowest BCUT2D eigenvalue weighted by Crippen LogP contribution is -2.48. The number of aliphatic hydroxyl groups is 2. The van der Waals surface area contributed by atoms with E-state index in [0.717, 1.165) is 5.57 Å². The summed E-state index contributed by atoms with van der Waals surface area (Å²) in [4.78, 5) is 51.7. The molecule has 9 atom stereocenters. The largest absolute Gasteiger partial charge is 0.504 e. The Morgan fingerprint density at radius 3 is 2.18 bits per heavy atom. The number of aliphatic hydroxyl groups excluding tert-OH is 1. The quantitative estimate of drug-likeness (QED) is 0.372. The van der Waals surface area contributed by atoms with Crippen LogP contribution in [0.5, 0.6) is 0 Å². The van der Waals surface area contributed by atoms with Gasteiger partial charge in [0, 0.05) is 16.4 Å². The number of Topliss-reactive ketones (excluding diaryl/α,β-unsaturated/α-hetero) is 2. The lowest BCUT2D eigenvalue weighted by molar-refractivity contribution is -0.153. The van der Waals surface area contributed by atoms with Crippen molar-refractivity contribution < 1.29 is 39.2 Å². The van der Waals surface area contributed by atoms with Crippen LogP contribution in [0, 0.1) is 45.3 Å². The lowest BCUT2D eigenvalue weighted by Gasteiger charge is -2.38. The van der Waals surface area contributed by atoms with Gasteiger partial charge in [-0.15, -0.1) is 0 Å². The third kappa shape index (κ3) is 2.61. The number of ketones is 2. The number of carboxylic acid groups (broad SMARTS) is 1. The lowest BCUT2D eigenvalue weighted by atomic mass is 9.67. The zero-order chi connectivity index (χ0) is 28.0. The van der Waals surface area contributed by atoms with Crippen LogP contribution in [0.4, 0.5) is 0 Å². The Hall–Kier alpha value is -2.74. The summed E-state index contributed by atoms with van der Waals surface area (Å²) in [6, 6.07) is 0. The number of carbonyl (C=O) groups is 4. The summed E-state index contributed by atoms with van der Waals surface area (Å²) >= 11 is 0. The van der Waals surface area contributed by atoms with Crippen molar-refractivity contribution in [3.8, 4) is 0 Å². The van der Waals surface area contributed by atoms with Crippen LogP contribution in [0.2, 0.25) is 0 Å². The fourth-order valence-electron chi connectivity index (χ4n) is 9.73. The van der Waals surface area contributed by atoms with Gasteiger partial charge in [-0.25, -0.2) is 0 Å². The molecule has 8 nitrogen and oxygen atoms in total. The third-order valence-corrected chi connectivity index (χ3v) is 12.2. The molecule has 0 heterocycles. The second kappa shape index (κ2) is 7.06. The van der Waals surface area contributed by atoms with Crippen LogP contribution in [-0.2, 0) is 23.9 Å². The summed E-state index contributed by atoms with van der Waals surface area (Å²) in [6.07, 6.45) is 2.41. The van der Waals surface area contributed by atoms with Gasteiger partial charge in [-0.2, -0.15) is 0 Å². The number of hydrogen-bond acceptors (Lipinski definition) is 7. The van der Waals surface area contributed by atoms with E-state index in [2.05, 4.69) is 6.58 Å². The summed E-state index contributed by atoms with van der Waals surface area (Å²) in [7, 11) is 0. The molecule has 0 saturated heterocycles. The van der Waals surface area contributed by atoms with E-state index < -0.39 is 45.0 Å². The second-order valence-electron chi connectivity index (χ2n) is 14.0. The molecular formula is C30H36O8. The van der Waals surface area contributed by atoms with Crippen molar-refractivity contribution in [1.82, 2.24) is 0 Å². The van der Waals surface area contributed by atoms with Gasteiger partial charge in [0.2, 0.25) is 11.6 Å². The van der Waals surface area contributed by atoms with Crippen LogP contribution in [0.25, 0.3) is 0 Å². The maximum Gasteiger partial charge on any atom is 0.317 e. The first-order chi connectivity index (χ1) is 17.5. The third-order valence-electron chi connectivity index (χ3n) is 12.2. The Labute approximate surface area is 221 Å². The Bertz CT molecular complexity index is 1340. The van der Waals surface area contributed by atoms with E-state index in [1.54, 1.807) is 20.8 Å². The second-order valence-corrected chi connectivity index (χ2v) is 14.0. The van der Waals surface area contributed by atoms with Gasteiger partial charge in [0.15, 0.2) is 11.5 Å². The predicted molar refractivity (Wildman–Crippen MR) is 134 cm³/mol. The van der Waals surface area contributed by atoms with Crippen LogP contribution in [-0.4, -0.2) is 44.4 Å². The molecule has 0 aromatic carbocycles. The molecule has 4 fully saturated rings. The van der Waals surface area contributed by atoms with Gasteiger partial charge in [0.25, 0.3) is 0 Å². The number of allylic oxidation sites excluding steroid dienone is 2. The van der Waals surface area contributed by atoms with Crippen molar-refractivity contribution in [3.63, 3.8) is 0 Å². The Kier molecular flexibility index (Phi) is 4.74. The minimum Gasteiger partial charge on any atom is -0.504 e. The summed E-state index contributed by atoms with van der Waals surface area (Å²) in [5.41, 5.74) is -3.53. The average molecular weight is 525 g/mol. The number of aliphatic carboxylic acids is 1. The van der Waals surface area contributed by atoms with Crippen molar-refractivity contribution in [1.29, 1.82) is 0 Å². The highest BCUT2D eigenvalue weighted by molar-refractivity contribution is 6.13. The van der Waals surface area contributed by atoms with E-state index in [-0.39, 0.29) is 47.4 Å². The fourth-order valence-corrected chi connectivity index (χ4v) is 9.73.